The second-order valence-corrected chi connectivity index (χ2v) is 6.87. The molecule has 2 nitrogen and oxygen atoms in total. The molecule has 0 spiro atoms. The van der Waals surface area contributed by atoms with Crippen LogP contribution in [0.1, 0.15) is 38.1 Å². The van der Waals surface area contributed by atoms with Crippen LogP contribution in [0.2, 0.25) is 5.02 Å². The summed E-state index contributed by atoms with van der Waals surface area (Å²) in [5.74, 6) is 0.348. The van der Waals surface area contributed by atoms with Crippen molar-refractivity contribution in [2.24, 2.45) is 11.3 Å². The molecule has 0 aliphatic heterocycles. The normalized spacial score (nSPS) is 13.2. The quantitative estimate of drug-likeness (QED) is 0.866. The molecular weight excluding hydrogens is 314 g/mol. The summed E-state index contributed by atoms with van der Waals surface area (Å²) in [5.41, 5.74) is 0.806. The van der Waals surface area contributed by atoms with Crippen LogP contribution in [0.25, 0.3) is 0 Å². The molecule has 0 aromatic heterocycles. The van der Waals surface area contributed by atoms with E-state index in [0.717, 1.165) is 4.47 Å². The van der Waals surface area contributed by atoms with Gasteiger partial charge in [-0.25, -0.2) is 0 Å². The van der Waals surface area contributed by atoms with E-state index in [2.05, 4.69) is 48.9 Å². The number of hydrogen-bond donors (Lipinski definition) is 1. The van der Waals surface area contributed by atoms with Crippen LogP contribution < -0.4 is 5.32 Å². The van der Waals surface area contributed by atoms with E-state index in [1.165, 1.54) is 0 Å². The third-order valence-electron chi connectivity index (χ3n) is 3.23. The highest BCUT2D eigenvalue weighted by molar-refractivity contribution is 9.10. The van der Waals surface area contributed by atoms with Gasteiger partial charge in [-0.05, 0) is 45.5 Å². The van der Waals surface area contributed by atoms with Gasteiger partial charge in [0.25, 0.3) is 5.91 Å². The largest absolute Gasteiger partial charge is 0.352 e. The average molecular weight is 333 g/mol. The smallest absolute Gasteiger partial charge is 0.251 e. The molecule has 1 aromatic carbocycles. The summed E-state index contributed by atoms with van der Waals surface area (Å²) in [6.45, 7) is 9.31. The van der Waals surface area contributed by atoms with E-state index in [0.29, 0.717) is 23.0 Å². The number of benzene rings is 1. The maximum absolute atomic E-state index is 12.0. The Morgan fingerprint density at radius 3 is 2.56 bits per heavy atom. The van der Waals surface area contributed by atoms with Crippen LogP contribution in [0, 0.1) is 11.3 Å². The zero-order valence-corrected chi connectivity index (χ0v) is 13.5. The molecule has 0 saturated carbocycles. The lowest BCUT2D eigenvalue weighted by molar-refractivity contribution is 0.0937. The molecule has 1 aromatic rings. The summed E-state index contributed by atoms with van der Waals surface area (Å²) >= 11 is 9.21. The van der Waals surface area contributed by atoms with Crippen molar-refractivity contribution >= 4 is 33.4 Å². The van der Waals surface area contributed by atoms with Crippen LogP contribution in [0.4, 0.5) is 0 Å². The van der Waals surface area contributed by atoms with Gasteiger partial charge in [0.15, 0.2) is 0 Å². The van der Waals surface area contributed by atoms with Crippen LogP contribution in [-0.2, 0) is 0 Å². The fourth-order valence-electron chi connectivity index (χ4n) is 1.29. The van der Waals surface area contributed by atoms with Crippen LogP contribution in [0.3, 0.4) is 0 Å². The lowest BCUT2D eigenvalue weighted by atomic mass is 9.82. The molecular formula is C14H19BrClNO. The number of amides is 1. The molecule has 18 heavy (non-hydrogen) atoms. The molecule has 1 atom stereocenters. The van der Waals surface area contributed by atoms with Gasteiger partial charge in [0.05, 0.1) is 5.02 Å². The van der Waals surface area contributed by atoms with Gasteiger partial charge in [0, 0.05) is 16.6 Å². The summed E-state index contributed by atoms with van der Waals surface area (Å²) in [7, 11) is 0. The second kappa shape index (κ2) is 6.07. The molecule has 1 N–H and O–H groups in total. The second-order valence-electron chi connectivity index (χ2n) is 5.61. The molecule has 0 aliphatic carbocycles. The van der Waals surface area contributed by atoms with Gasteiger partial charge < -0.3 is 5.32 Å². The third-order valence-corrected chi connectivity index (χ3v) is 4.44. The van der Waals surface area contributed by atoms with E-state index in [9.17, 15) is 4.79 Å². The monoisotopic (exact) mass is 331 g/mol. The van der Waals surface area contributed by atoms with Gasteiger partial charge in [-0.15, -0.1) is 0 Å². The van der Waals surface area contributed by atoms with Gasteiger partial charge in [0.2, 0.25) is 0 Å². The van der Waals surface area contributed by atoms with E-state index < -0.39 is 0 Å². The Morgan fingerprint density at radius 2 is 2.06 bits per heavy atom. The molecule has 1 unspecified atom stereocenters. The summed E-state index contributed by atoms with van der Waals surface area (Å²) in [4.78, 5) is 12.0. The minimum atomic E-state index is -0.0662. The van der Waals surface area contributed by atoms with Crippen molar-refractivity contribution in [2.75, 3.05) is 6.54 Å². The Kier molecular flexibility index (Phi) is 5.23. The average Bonchev–Trinajstić information content (AvgIpc) is 2.27. The number of nitrogens with one attached hydrogen (secondary N) is 1. The molecule has 1 amide bonds. The van der Waals surface area contributed by atoms with E-state index in [-0.39, 0.29) is 11.3 Å². The predicted molar refractivity (Wildman–Crippen MR) is 80.1 cm³/mol. The molecule has 0 bridgehead atoms. The molecule has 0 radical (unpaired) electrons. The molecule has 0 fully saturated rings. The van der Waals surface area contributed by atoms with Crippen molar-refractivity contribution in [1.82, 2.24) is 5.32 Å². The van der Waals surface area contributed by atoms with Gasteiger partial charge in [0.1, 0.15) is 0 Å². The molecule has 1 rings (SSSR count). The van der Waals surface area contributed by atoms with Crippen LogP contribution in [0.15, 0.2) is 22.7 Å². The standard InChI is InChI=1S/C14H19BrClNO/c1-9(14(2,3)4)8-17-13(18)10-5-6-12(16)11(15)7-10/h5-7,9H,8H2,1-4H3,(H,17,18). The van der Waals surface area contributed by atoms with Gasteiger partial charge in [-0.1, -0.05) is 39.3 Å². The molecule has 0 saturated heterocycles. The number of rotatable bonds is 3. The van der Waals surface area contributed by atoms with Crippen molar-refractivity contribution in [1.29, 1.82) is 0 Å². The third kappa shape index (κ3) is 4.29. The van der Waals surface area contributed by atoms with E-state index >= 15 is 0 Å². The summed E-state index contributed by atoms with van der Waals surface area (Å²) in [6.07, 6.45) is 0. The maximum atomic E-state index is 12.0. The number of carbonyl (C=O) groups is 1. The summed E-state index contributed by atoms with van der Waals surface area (Å²) in [5, 5.41) is 3.56. The first-order valence-electron chi connectivity index (χ1n) is 5.95. The number of carbonyl (C=O) groups excluding carboxylic acids is 1. The fraction of sp³-hybridized carbons (Fsp3) is 0.500. The highest BCUT2D eigenvalue weighted by atomic mass is 79.9. The Balaban J connectivity index is 2.63. The lowest BCUT2D eigenvalue weighted by Gasteiger charge is -2.27. The zero-order chi connectivity index (χ0) is 13.9. The van der Waals surface area contributed by atoms with Crippen LogP contribution in [-0.4, -0.2) is 12.5 Å². The predicted octanol–water partition coefficient (Wildman–Crippen LogP) is 4.51. The van der Waals surface area contributed by atoms with Crippen LogP contribution in [0.5, 0.6) is 0 Å². The number of halogens is 2. The van der Waals surface area contributed by atoms with Crippen LogP contribution >= 0.6 is 27.5 Å². The molecule has 100 valence electrons. The van der Waals surface area contributed by atoms with E-state index in [1.807, 2.05) is 0 Å². The Morgan fingerprint density at radius 1 is 1.44 bits per heavy atom. The zero-order valence-electron chi connectivity index (χ0n) is 11.2. The Hall–Kier alpha value is -0.540. The van der Waals surface area contributed by atoms with Crippen molar-refractivity contribution in [2.45, 2.75) is 27.7 Å². The van der Waals surface area contributed by atoms with Crippen molar-refractivity contribution < 1.29 is 4.79 Å². The number of hydrogen-bond acceptors (Lipinski definition) is 1. The topological polar surface area (TPSA) is 29.1 Å². The van der Waals surface area contributed by atoms with Crippen molar-refractivity contribution in [3.8, 4) is 0 Å². The first-order valence-corrected chi connectivity index (χ1v) is 7.12. The van der Waals surface area contributed by atoms with Gasteiger partial charge in [-0.2, -0.15) is 0 Å². The van der Waals surface area contributed by atoms with E-state index in [1.54, 1.807) is 18.2 Å². The maximum Gasteiger partial charge on any atom is 0.251 e. The SMILES string of the molecule is CC(CNC(=O)c1ccc(Cl)c(Br)c1)C(C)(C)C. The summed E-state index contributed by atoms with van der Waals surface area (Å²) < 4.78 is 0.737. The van der Waals surface area contributed by atoms with Gasteiger partial charge >= 0.3 is 0 Å². The fourth-order valence-corrected chi connectivity index (χ4v) is 1.79. The van der Waals surface area contributed by atoms with Crippen molar-refractivity contribution in [3.63, 3.8) is 0 Å². The molecule has 0 heterocycles. The van der Waals surface area contributed by atoms with Gasteiger partial charge in [-0.3, -0.25) is 4.79 Å². The Labute approximate surface area is 122 Å². The first kappa shape index (κ1) is 15.5. The molecule has 0 aliphatic rings. The van der Waals surface area contributed by atoms with E-state index in [4.69, 9.17) is 11.6 Å². The Bertz CT molecular complexity index is 440. The summed E-state index contributed by atoms with van der Waals surface area (Å²) in [6, 6.07) is 5.18. The highest BCUT2D eigenvalue weighted by Gasteiger charge is 2.20. The molecule has 4 heteroatoms. The minimum absolute atomic E-state index is 0.0662. The first-order chi connectivity index (χ1) is 8.21. The van der Waals surface area contributed by atoms with Crippen molar-refractivity contribution in [3.05, 3.63) is 33.3 Å². The highest BCUT2D eigenvalue weighted by Crippen LogP contribution is 2.25. The lowest BCUT2D eigenvalue weighted by Crippen LogP contribution is -2.33. The minimum Gasteiger partial charge on any atom is -0.352 e.